The van der Waals surface area contributed by atoms with Gasteiger partial charge in [-0.25, -0.2) is 0 Å². The topological polar surface area (TPSA) is 32.5 Å². The minimum absolute atomic E-state index is 0.0600. The van der Waals surface area contributed by atoms with Gasteiger partial charge in [0.15, 0.2) is 0 Å². The van der Waals surface area contributed by atoms with Crippen LogP contribution in [0, 0.1) is 0 Å². The van der Waals surface area contributed by atoms with Gasteiger partial charge in [0.05, 0.1) is 0 Å². The molecule has 19 heavy (non-hydrogen) atoms. The number of hydrogen-bond acceptors (Lipinski definition) is 3. The highest BCUT2D eigenvalue weighted by Crippen LogP contribution is 2.27. The molecule has 1 aromatic rings. The number of anilines is 1. The van der Waals surface area contributed by atoms with Crippen LogP contribution in [0.15, 0.2) is 22.7 Å². The zero-order chi connectivity index (χ0) is 14.4. The maximum absolute atomic E-state index is 5.95. The molecule has 0 saturated carbocycles. The molecule has 0 radical (unpaired) electrons. The van der Waals surface area contributed by atoms with E-state index >= 15 is 0 Å². The van der Waals surface area contributed by atoms with Crippen LogP contribution in [0.3, 0.4) is 0 Å². The second-order valence-electron chi connectivity index (χ2n) is 5.28. The number of likely N-dealkylation sites (N-methyl/N-ethyl adjacent to an activating group) is 1. The Morgan fingerprint density at radius 1 is 1.21 bits per heavy atom. The molecule has 2 N–H and O–H groups in total. The lowest BCUT2D eigenvalue weighted by atomic mass is 10.1. The van der Waals surface area contributed by atoms with E-state index < -0.39 is 0 Å². The van der Waals surface area contributed by atoms with Crippen LogP contribution in [0.25, 0.3) is 0 Å². The first-order valence-electron chi connectivity index (χ1n) is 6.90. The van der Waals surface area contributed by atoms with Crippen molar-refractivity contribution in [1.29, 1.82) is 0 Å². The Morgan fingerprint density at radius 2 is 1.89 bits per heavy atom. The maximum atomic E-state index is 5.95. The highest BCUT2D eigenvalue weighted by molar-refractivity contribution is 9.10. The Bertz CT molecular complexity index is 391. The van der Waals surface area contributed by atoms with Gasteiger partial charge in [0.2, 0.25) is 0 Å². The molecule has 0 aliphatic heterocycles. The van der Waals surface area contributed by atoms with E-state index in [9.17, 15) is 0 Å². The van der Waals surface area contributed by atoms with E-state index in [0.717, 1.165) is 36.1 Å². The minimum atomic E-state index is 0.0600. The summed E-state index contributed by atoms with van der Waals surface area (Å²) in [6, 6.07) is 6.55. The van der Waals surface area contributed by atoms with E-state index in [-0.39, 0.29) is 6.04 Å². The molecular formula is C15H26BrN3. The highest BCUT2D eigenvalue weighted by atomic mass is 79.9. The molecular weight excluding hydrogens is 302 g/mol. The van der Waals surface area contributed by atoms with Crippen molar-refractivity contribution in [3.63, 3.8) is 0 Å². The Kier molecular flexibility index (Phi) is 6.83. The SMILES string of the molecule is CCCN(CCN(C)C)c1ccc([C@H](C)N)c(Br)c1. The average molecular weight is 328 g/mol. The van der Waals surface area contributed by atoms with Crippen LogP contribution in [0.5, 0.6) is 0 Å². The smallest absolute Gasteiger partial charge is 0.0378 e. The summed E-state index contributed by atoms with van der Waals surface area (Å²) in [6.07, 6.45) is 1.15. The fourth-order valence-corrected chi connectivity index (χ4v) is 2.77. The van der Waals surface area contributed by atoms with Gasteiger partial charge in [-0.2, -0.15) is 0 Å². The molecule has 108 valence electrons. The van der Waals surface area contributed by atoms with Crippen molar-refractivity contribution in [2.24, 2.45) is 5.73 Å². The third-order valence-corrected chi connectivity index (χ3v) is 3.84. The van der Waals surface area contributed by atoms with Crippen molar-refractivity contribution in [3.8, 4) is 0 Å². The number of rotatable bonds is 7. The highest BCUT2D eigenvalue weighted by Gasteiger charge is 2.10. The predicted molar refractivity (Wildman–Crippen MR) is 87.8 cm³/mol. The second kappa shape index (κ2) is 7.88. The third-order valence-electron chi connectivity index (χ3n) is 3.15. The molecule has 0 fully saturated rings. The van der Waals surface area contributed by atoms with Gasteiger partial charge in [0.1, 0.15) is 0 Å². The van der Waals surface area contributed by atoms with Crippen molar-refractivity contribution in [2.75, 3.05) is 38.6 Å². The molecule has 0 spiro atoms. The third kappa shape index (κ3) is 5.13. The van der Waals surface area contributed by atoms with Gasteiger partial charge < -0.3 is 15.5 Å². The minimum Gasteiger partial charge on any atom is -0.370 e. The first-order chi connectivity index (χ1) is 8.95. The number of benzene rings is 1. The molecule has 1 atom stereocenters. The molecule has 0 saturated heterocycles. The summed E-state index contributed by atoms with van der Waals surface area (Å²) in [6.45, 7) is 7.42. The average Bonchev–Trinajstić information content (AvgIpc) is 2.33. The van der Waals surface area contributed by atoms with Crippen molar-refractivity contribution < 1.29 is 0 Å². The zero-order valence-electron chi connectivity index (χ0n) is 12.5. The Balaban J connectivity index is 2.87. The van der Waals surface area contributed by atoms with E-state index in [0.29, 0.717) is 0 Å². The van der Waals surface area contributed by atoms with Crippen LogP contribution in [-0.2, 0) is 0 Å². The van der Waals surface area contributed by atoms with Crippen LogP contribution >= 0.6 is 15.9 Å². The standard InChI is InChI=1S/C15H26BrN3/c1-5-8-19(10-9-18(3)4)13-6-7-14(12(2)17)15(16)11-13/h6-7,11-12H,5,8-10,17H2,1-4H3/t12-/m0/s1. The molecule has 0 aromatic heterocycles. The van der Waals surface area contributed by atoms with Gasteiger partial charge >= 0.3 is 0 Å². The lowest BCUT2D eigenvalue weighted by Gasteiger charge is -2.26. The van der Waals surface area contributed by atoms with E-state index in [2.05, 4.69) is 64.9 Å². The Hall–Kier alpha value is -0.580. The van der Waals surface area contributed by atoms with Crippen molar-refractivity contribution in [1.82, 2.24) is 4.90 Å². The molecule has 0 aliphatic rings. The Labute approximate surface area is 125 Å². The van der Waals surface area contributed by atoms with Gasteiger partial charge in [0.25, 0.3) is 0 Å². The van der Waals surface area contributed by atoms with Crippen LogP contribution in [0.2, 0.25) is 0 Å². The molecule has 1 rings (SSSR count). The summed E-state index contributed by atoms with van der Waals surface area (Å²) in [4.78, 5) is 4.64. The fraction of sp³-hybridized carbons (Fsp3) is 0.600. The summed E-state index contributed by atoms with van der Waals surface area (Å²) in [5, 5.41) is 0. The molecule has 0 aliphatic carbocycles. The largest absolute Gasteiger partial charge is 0.370 e. The summed E-state index contributed by atoms with van der Waals surface area (Å²) >= 11 is 3.63. The van der Waals surface area contributed by atoms with Crippen LogP contribution in [-0.4, -0.2) is 38.6 Å². The van der Waals surface area contributed by atoms with Crippen molar-refractivity contribution in [3.05, 3.63) is 28.2 Å². The van der Waals surface area contributed by atoms with Crippen molar-refractivity contribution >= 4 is 21.6 Å². The molecule has 1 aromatic carbocycles. The summed E-state index contributed by atoms with van der Waals surface area (Å²) in [7, 11) is 4.22. The van der Waals surface area contributed by atoms with Crippen LogP contribution in [0.4, 0.5) is 5.69 Å². The molecule has 0 amide bonds. The summed E-state index contributed by atoms with van der Waals surface area (Å²) in [5.41, 5.74) is 8.37. The van der Waals surface area contributed by atoms with Gasteiger partial charge in [-0.05, 0) is 45.1 Å². The number of nitrogens with two attached hydrogens (primary N) is 1. The first kappa shape index (κ1) is 16.5. The summed E-state index contributed by atoms with van der Waals surface area (Å²) in [5.74, 6) is 0. The number of hydrogen-bond donors (Lipinski definition) is 1. The lowest BCUT2D eigenvalue weighted by Crippen LogP contribution is -2.32. The quantitative estimate of drug-likeness (QED) is 0.834. The fourth-order valence-electron chi connectivity index (χ4n) is 2.04. The van der Waals surface area contributed by atoms with E-state index in [1.165, 1.54) is 5.69 Å². The maximum Gasteiger partial charge on any atom is 0.0378 e. The molecule has 3 nitrogen and oxygen atoms in total. The van der Waals surface area contributed by atoms with E-state index in [1.807, 2.05) is 6.92 Å². The number of halogens is 1. The lowest BCUT2D eigenvalue weighted by molar-refractivity contribution is 0.413. The monoisotopic (exact) mass is 327 g/mol. The van der Waals surface area contributed by atoms with Gasteiger partial charge in [-0.1, -0.05) is 28.9 Å². The predicted octanol–water partition coefficient (Wildman–Crippen LogP) is 3.25. The normalized spacial score (nSPS) is 12.8. The van der Waals surface area contributed by atoms with Gasteiger partial charge in [-0.3, -0.25) is 0 Å². The molecule has 4 heteroatoms. The van der Waals surface area contributed by atoms with Gasteiger partial charge in [0, 0.05) is 35.8 Å². The van der Waals surface area contributed by atoms with E-state index in [1.54, 1.807) is 0 Å². The molecule has 0 heterocycles. The zero-order valence-corrected chi connectivity index (χ0v) is 14.1. The molecule has 0 bridgehead atoms. The van der Waals surface area contributed by atoms with Crippen LogP contribution < -0.4 is 10.6 Å². The number of nitrogens with zero attached hydrogens (tertiary/aromatic N) is 2. The van der Waals surface area contributed by atoms with Crippen LogP contribution in [0.1, 0.15) is 31.9 Å². The second-order valence-corrected chi connectivity index (χ2v) is 6.14. The molecule has 0 unspecified atom stereocenters. The summed E-state index contributed by atoms with van der Waals surface area (Å²) < 4.78 is 1.10. The van der Waals surface area contributed by atoms with E-state index in [4.69, 9.17) is 5.73 Å². The van der Waals surface area contributed by atoms with Crippen molar-refractivity contribution in [2.45, 2.75) is 26.3 Å². The Morgan fingerprint density at radius 3 is 2.37 bits per heavy atom. The first-order valence-corrected chi connectivity index (χ1v) is 7.69. The van der Waals surface area contributed by atoms with Gasteiger partial charge in [-0.15, -0.1) is 0 Å².